The molecule has 1 heterocycles. The standard InChI is InChI=1S/C15H14N2O/c1-9-6-7-11(8-10(9)2)15-17-13-5-3-4-12(16)14(13)18-15/h3-8H,16H2,1-2H3. The van der Waals surface area contributed by atoms with E-state index < -0.39 is 0 Å². The van der Waals surface area contributed by atoms with Gasteiger partial charge in [-0.05, 0) is 49.2 Å². The molecule has 3 rings (SSSR count). The van der Waals surface area contributed by atoms with Gasteiger partial charge in [0.25, 0.3) is 0 Å². The topological polar surface area (TPSA) is 52.0 Å². The van der Waals surface area contributed by atoms with Crippen molar-refractivity contribution in [1.82, 2.24) is 4.98 Å². The van der Waals surface area contributed by atoms with E-state index in [1.807, 2.05) is 24.3 Å². The van der Waals surface area contributed by atoms with Crippen LogP contribution in [0.5, 0.6) is 0 Å². The molecule has 0 atom stereocenters. The van der Waals surface area contributed by atoms with E-state index in [0.29, 0.717) is 17.2 Å². The molecule has 2 N–H and O–H groups in total. The summed E-state index contributed by atoms with van der Waals surface area (Å²) in [6.45, 7) is 4.17. The summed E-state index contributed by atoms with van der Waals surface area (Å²) in [5.74, 6) is 0.617. The first-order valence-corrected chi connectivity index (χ1v) is 5.88. The Morgan fingerprint density at radius 2 is 1.89 bits per heavy atom. The number of hydrogen-bond donors (Lipinski definition) is 1. The van der Waals surface area contributed by atoms with Gasteiger partial charge in [-0.25, -0.2) is 4.98 Å². The fraction of sp³-hybridized carbons (Fsp3) is 0.133. The van der Waals surface area contributed by atoms with Crippen LogP contribution in [0.2, 0.25) is 0 Å². The van der Waals surface area contributed by atoms with Crippen LogP contribution in [0.15, 0.2) is 40.8 Å². The van der Waals surface area contributed by atoms with Crippen molar-refractivity contribution in [3.8, 4) is 11.5 Å². The lowest BCUT2D eigenvalue weighted by Crippen LogP contribution is -1.83. The maximum absolute atomic E-state index is 5.87. The van der Waals surface area contributed by atoms with Crippen molar-refractivity contribution in [2.45, 2.75) is 13.8 Å². The third kappa shape index (κ3) is 1.64. The molecule has 2 aromatic carbocycles. The summed E-state index contributed by atoms with van der Waals surface area (Å²) in [4.78, 5) is 4.47. The fourth-order valence-corrected chi connectivity index (χ4v) is 1.97. The summed E-state index contributed by atoms with van der Waals surface area (Å²) in [7, 11) is 0. The lowest BCUT2D eigenvalue weighted by atomic mass is 10.1. The van der Waals surface area contributed by atoms with E-state index in [0.717, 1.165) is 11.1 Å². The highest BCUT2D eigenvalue weighted by atomic mass is 16.3. The van der Waals surface area contributed by atoms with Gasteiger partial charge in [-0.2, -0.15) is 0 Å². The molecule has 0 aliphatic heterocycles. The van der Waals surface area contributed by atoms with Crippen LogP contribution in [0, 0.1) is 13.8 Å². The van der Waals surface area contributed by atoms with Gasteiger partial charge in [0.05, 0.1) is 5.69 Å². The zero-order chi connectivity index (χ0) is 12.7. The van der Waals surface area contributed by atoms with E-state index in [1.54, 1.807) is 0 Å². The largest absolute Gasteiger partial charge is 0.434 e. The Morgan fingerprint density at radius 1 is 1.06 bits per heavy atom. The van der Waals surface area contributed by atoms with Crippen molar-refractivity contribution in [2.24, 2.45) is 0 Å². The fourth-order valence-electron chi connectivity index (χ4n) is 1.97. The average molecular weight is 238 g/mol. The highest BCUT2D eigenvalue weighted by molar-refractivity contribution is 5.86. The van der Waals surface area contributed by atoms with Gasteiger partial charge < -0.3 is 10.2 Å². The summed E-state index contributed by atoms with van der Waals surface area (Å²) in [5.41, 5.74) is 11.4. The monoisotopic (exact) mass is 238 g/mol. The third-order valence-electron chi connectivity index (χ3n) is 3.20. The SMILES string of the molecule is Cc1ccc(-c2nc3cccc(N)c3o2)cc1C. The number of anilines is 1. The molecular formula is C15H14N2O. The zero-order valence-corrected chi connectivity index (χ0v) is 10.4. The van der Waals surface area contributed by atoms with Crippen LogP contribution in [0.3, 0.4) is 0 Å². The predicted octanol–water partition coefficient (Wildman–Crippen LogP) is 3.69. The number of oxazole rings is 1. The molecule has 0 radical (unpaired) electrons. The van der Waals surface area contributed by atoms with Crippen molar-refractivity contribution in [2.75, 3.05) is 5.73 Å². The minimum atomic E-state index is 0.617. The number of aryl methyl sites for hydroxylation is 2. The summed E-state index contributed by atoms with van der Waals surface area (Å²) < 4.78 is 5.74. The molecule has 0 amide bonds. The minimum Gasteiger partial charge on any atom is -0.434 e. The molecule has 0 aliphatic carbocycles. The summed E-state index contributed by atoms with van der Waals surface area (Å²) in [5, 5.41) is 0. The molecule has 1 aromatic heterocycles. The highest BCUT2D eigenvalue weighted by Crippen LogP contribution is 2.28. The van der Waals surface area contributed by atoms with Crippen LogP contribution in [0.4, 0.5) is 5.69 Å². The third-order valence-corrected chi connectivity index (χ3v) is 3.20. The maximum atomic E-state index is 5.87. The van der Waals surface area contributed by atoms with Crippen LogP contribution in [0.25, 0.3) is 22.6 Å². The van der Waals surface area contributed by atoms with Gasteiger partial charge >= 0.3 is 0 Å². The molecule has 18 heavy (non-hydrogen) atoms. The smallest absolute Gasteiger partial charge is 0.227 e. The Balaban J connectivity index is 2.19. The van der Waals surface area contributed by atoms with Gasteiger partial charge in [0, 0.05) is 5.56 Å². The Morgan fingerprint density at radius 3 is 2.61 bits per heavy atom. The Labute approximate surface area is 105 Å². The first-order chi connectivity index (χ1) is 8.65. The number of nitrogen functional groups attached to an aromatic ring is 1. The van der Waals surface area contributed by atoms with Crippen molar-refractivity contribution >= 4 is 16.8 Å². The van der Waals surface area contributed by atoms with Crippen molar-refractivity contribution in [1.29, 1.82) is 0 Å². The molecule has 0 spiro atoms. The van der Waals surface area contributed by atoms with Gasteiger partial charge in [0.2, 0.25) is 5.89 Å². The molecule has 3 nitrogen and oxygen atoms in total. The Kier molecular flexibility index (Phi) is 2.33. The van der Waals surface area contributed by atoms with Crippen LogP contribution in [0.1, 0.15) is 11.1 Å². The molecule has 90 valence electrons. The Bertz CT molecular complexity index is 728. The first-order valence-electron chi connectivity index (χ1n) is 5.88. The molecule has 0 saturated heterocycles. The number of aromatic nitrogens is 1. The number of rotatable bonds is 1. The lowest BCUT2D eigenvalue weighted by molar-refractivity contribution is 0.621. The summed E-state index contributed by atoms with van der Waals surface area (Å²) in [6.07, 6.45) is 0. The predicted molar refractivity (Wildman–Crippen MR) is 73.3 cm³/mol. The van der Waals surface area contributed by atoms with E-state index in [9.17, 15) is 0 Å². The van der Waals surface area contributed by atoms with Crippen LogP contribution in [-0.2, 0) is 0 Å². The number of nitrogens with zero attached hydrogens (tertiary/aromatic N) is 1. The van der Waals surface area contributed by atoms with E-state index in [1.165, 1.54) is 11.1 Å². The Hall–Kier alpha value is -2.29. The summed E-state index contributed by atoms with van der Waals surface area (Å²) >= 11 is 0. The average Bonchev–Trinajstić information content (AvgIpc) is 2.78. The molecule has 0 aliphatic rings. The van der Waals surface area contributed by atoms with E-state index >= 15 is 0 Å². The molecule has 0 saturated carbocycles. The summed E-state index contributed by atoms with van der Waals surface area (Å²) in [6, 6.07) is 11.8. The van der Waals surface area contributed by atoms with Crippen molar-refractivity contribution in [3.05, 3.63) is 47.5 Å². The zero-order valence-electron chi connectivity index (χ0n) is 10.4. The maximum Gasteiger partial charge on any atom is 0.227 e. The second kappa shape index (κ2) is 3.88. The molecule has 3 aromatic rings. The number of hydrogen-bond acceptors (Lipinski definition) is 3. The second-order valence-corrected chi connectivity index (χ2v) is 4.51. The van der Waals surface area contributed by atoms with Crippen molar-refractivity contribution < 1.29 is 4.42 Å². The van der Waals surface area contributed by atoms with E-state index in [4.69, 9.17) is 10.2 Å². The normalized spacial score (nSPS) is 11.0. The quantitative estimate of drug-likeness (QED) is 0.658. The first kappa shape index (κ1) is 10.8. The molecule has 0 bridgehead atoms. The highest BCUT2D eigenvalue weighted by Gasteiger charge is 2.10. The van der Waals surface area contributed by atoms with Gasteiger partial charge in [-0.3, -0.25) is 0 Å². The van der Waals surface area contributed by atoms with Gasteiger partial charge in [0.15, 0.2) is 5.58 Å². The molecule has 3 heteroatoms. The second-order valence-electron chi connectivity index (χ2n) is 4.51. The van der Waals surface area contributed by atoms with Gasteiger partial charge in [-0.15, -0.1) is 0 Å². The molecular weight excluding hydrogens is 224 g/mol. The van der Waals surface area contributed by atoms with Gasteiger partial charge in [-0.1, -0.05) is 12.1 Å². The minimum absolute atomic E-state index is 0.617. The van der Waals surface area contributed by atoms with Crippen LogP contribution in [-0.4, -0.2) is 4.98 Å². The lowest BCUT2D eigenvalue weighted by Gasteiger charge is -2.01. The number of nitrogens with two attached hydrogens (primary N) is 1. The van der Waals surface area contributed by atoms with Crippen molar-refractivity contribution in [3.63, 3.8) is 0 Å². The number of fused-ring (bicyclic) bond motifs is 1. The van der Waals surface area contributed by atoms with Crippen LogP contribution >= 0.6 is 0 Å². The number of para-hydroxylation sites is 1. The van der Waals surface area contributed by atoms with E-state index in [2.05, 4.69) is 31.0 Å². The number of benzene rings is 2. The van der Waals surface area contributed by atoms with Crippen LogP contribution < -0.4 is 5.73 Å². The molecule has 0 unspecified atom stereocenters. The molecule has 0 fully saturated rings. The van der Waals surface area contributed by atoms with Gasteiger partial charge in [0.1, 0.15) is 5.52 Å². The van der Waals surface area contributed by atoms with E-state index in [-0.39, 0.29) is 0 Å².